The van der Waals surface area contributed by atoms with Gasteiger partial charge in [0.25, 0.3) is 0 Å². The number of hydrogen-bond donors (Lipinski definition) is 1. The average Bonchev–Trinajstić information content (AvgIpc) is 2.22. The molecular formula is C12H17NOS. The minimum Gasteiger partial charge on any atom is -0.494 e. The molecule has 0 aromatic heterocycles. The molecule has 1 aromatic carbocycles. The van der Waals surface area contributed by atoms with E-state index in [1.54, 1.807) is 0 Å². The lowest BCUT2D eigenvalue weighted by molar-refractivity contribution is 0.288. The quantitative estimate of drug-likeness (QED) is 0.831. The van der Waals surface area contributed by atoms with Crippen LogP contribution in [0.5, 0.6) is 5.75 Å². The van der Waals surface area contributed by atoms with Crippen molar-refractivity contribution in [1.29, 1.82) is 0 Å². The van der Waals surface area contributed by atoms with Crippen LogP contribution in [0.25, 0.3) is 0 Å². The summed E-state index contributed by atoms with van der Waals surface area (Å²) in [4.78, 5) is 0. The Bertz CT molecular complexity index is 312. The first-order chi connectivity index (χ1) is 7.38. The van der Waals surface area contributed by atoms with Crippen molar-refractivity contribution in [2.24, 2.45) is 11.7 Å². The lowest BCUT2D eigenvalue weighted by Gasteiger charge is -2.24. The van der Waals surface area contributed by atoms with E-state index in [0.29, 0.717) is 6.54 Å². The Morgan fingerprint density at radius 3 is 2.93 bits per heavy atom. The van der Waals surface area contributed by atoms with E-state index in [4.69, 9.17) is 10.5 Å². The minimum absolute atomic E-state index is 0.580. The zero-order valence-electron chi connectivity index (χ0n) is 8.82. The van der Waals surface area contributed by atoms with Gasteiger partial charge in [-0.2, -0.15) is 11.8 Å². The molecule has 0 radical (unpaired) electrons. The molecule has 0 unspecified atom stereocenters. The van der Waals surface area contributed by atoms with Crippen LogP contribution < -0.4 is 10.5 Å². The van der Waals surface area contributed by atoms with E-state index in [9.17, 15) is 0 Å². The van der Waals surface area contributed by atoms with Crippen molar-refractivity contribution in [3.8, 4) is 5.75 Å². The molecule has 15 heavy (non-hydrogen) atoms. The third-order valence-corrected chi connectivity index (χ3v) is 4.05. The number of benzene rings is 1. The fraction of sp³-hybridized carbons (Fsp3) is 0.500. The van der Waals surface area contributed by atoms with E-state index >= 15 is 0 Å². The van der Waals surface area contributed by atoms with Gasteiger partial charge in [0.05, 0.1) is 6.61 Å². The summed E-state index contributed by atoms with van der Waals surface area (Å²) in [6, 6.07) is 8.04. The van der Waals surface area contributed by atoms with Crippen molar-refractivity contribution in [3.05, 3.63) is 29.8 Å². The molecule has 0 spiro atoms. The maximum Gasteiger partial charge on any atom is 0.119 e. The second kappa shape index (κ2) is 5.42. The van der Waals surface area contributed by atoms with Crippen LogP contribution in [-0.2, 0) is 6.54 Å². The second-order valence-corrected chi connectivity index (χ2v) is 4.97. The zero-order valence-corrected chi connectivity index (χ0v) is 9.63. The number of rotatable bonds is 5. The summed E-state index contributed by atoms with van der Waals surface area (Å²) >= 11 is 2.03. The summed E-state index contributed by atoms with van der Waals surface area (Å²) in [7, 11) is 0. The molecule has 1 aliphatic heterocycles. The monoisotopic (exact) mass is 223 g/mol. The predicted molar refractivity (Wildman–Crippen MR) is 65.3 cm³/mol. The molecule has 1 saturated heterocycles. The van der Waals surface area contributed by atoms with Gasteiger partial charge in [-0.3, -0.25) is 0 Å². The first kappa shape index (κ1) is 10.8. The highest BCUT2D eigenvalue weighted by Gasteiger charge is 2.17. The van der Waals surface area contributed by atoms with Gasteiger partial charge in [-0.25, -0.2) is 0 Å². The Labute approximate surface area is 95.2 Å². The molecule has 0 atom stereocenters. The van der Waals surface area contributed by atoms with Crippen LogP contribution in [0.2, 0.25) is 0 Å². The van der Waals surface area contributed by atoms with Gasteiger partial charge in [0, 0.05) is 6.54 Å². The minimum atomic E-state index is 0.580. The highest BCUT2D eigenvalue weighted by atomic mass is 32.2. The van der Waals surface area contributed by atoms with E-state index in [1.807, 2.05) is 36.0 Å². The van der Waals surface area contributed by atoms with E-state index in [2.05, 4.69) is 0 Å². The van der Waals surface area contributed by atoms with Crippen LogP contribution in [0.15, 0.2) is 24.3 Å². The molecule has 0 saturated carbocycles. The summed E-state index contributed by atoms with van der Waals surface area (Å²) in [5.41, 5.74) is 6.70. The second-order valence-electron chi connectivity index (χ2n) is 3.89. The molecule has 0 bridgehead atoms. The Balaban J connectivity index is 1.76. The maximum absolute atomic E-state index is 5.69. The first-order valence-electron chi connectivity index (χ1n) is 5.38. The van der Waals surface area contributed by atoms with Crippen molar-refractivity contribution < 1.29 is 4.74 Å². The lowest BCUT2D eigenvalue weighted by Crippen LogP contribution is -2.20. The number of hydrogen-bond acceptors (Lipinski definition) is 3. The van der Waals surface area contributed by atoms with Gasteiger partial charge in [-0.15, -0.1) is 0 Å². The van der Waals surface area contributed by atoms with Gasteiger partial charge in [0.1, 0.15) is 5.75 Å². The summed E-state index contributed by atoms with van der Waals surface area (Å²) in [6.07, 6.45) is 1.18. The normalized spacial score (nSPS) is 16.1. The van der Waals surface area contributed by atoms with Crippen molar-refractivity contribution in [2.45, 2.75) is 13.0 Å². The van der Waals surface area contributed by atoms with Crippen LogP contribution in [0.3, 0.4) is 0 Å². The average molecular weight is 223 g/mol. The SMILES string of the molecule is NCc1cccc(OCCC2CSC2)c1. The van der Waals surface area contributed by atoms with Crippen LogP contribution >= 0.6 is 11.8 Å². The van der Waals surface area contributed by atoms with E-state index in [-0.39, 0.29) is 0 Å². The molecule has 3 heteroatoms. The van der Waals surface area contributed by atoms with E-state index in [1.165, 1.54) is 17.9 Å². The molecule has 2 nitrogen and oxygen atoms in total. The topological polar surface area (TPSA) is 35.2 Å². The number of ether oxygens (including phenoxy) is 1. The van der Waals surface area contributed by atoms with Crippen LogP contribution in [0.1, 0.15) is 12.0 Å². The zero-order chi connectivity index (χ0) is 10.5. The summed E-state index contributed by atoms with van der Waals surface area (Å²) in [5, 5.41) is 0. The maximum atomic E-state index is 5.69. The highest BCUT2D eigenvalue weighted by Crippen LogP contribution is 2.27. The molecule has 82 valence electrons. The molecule has 0 aliphatic carbocycles. The fourth-order valence-corrected chi connectivity index (χ4v) is 2.46. The van der Waals surface area contributed by atoms with Gasteiger partial charge in [-0.05, 0) is 41.5 Å². The van der Waals surface area contributed by atoms with Crippen LogP contribution in [-0.4, -0.2) is 18.1 Å². The van der Waals surface area contributed by atoms with Crippen molar-refractivity contribution in [1.82, 2.24) is 0 Å². The highest BCUT2D eigenvalue weighted by molar-refractivity contribution is 8.00. The Kier molecular flexibility index (Phi) is 3.92. The molecule has 1 fully saturated rings. The van der Waals surface area contributed by atoms with Crippen molar-refractivity contribution >= 4 is 11.8 Å². The smallest absolute Gasteiger partial charge is 0.119 e. The molecule has 0 amide bonds. The van der Waals surface area contributed by atoms with Gasteiger partial charge < -0.3 is 10.5 Å². The number of thioether (sulfide) groups is 1. The Morgan fingerprint density at radius 2 is 2.27 bits per heavy atom. The first-order valence-corrected chi connectivity index (χ1v) is 6.53. The van der Waals surface area contributed by atoms with Gasteiger partial charge in [-0.1, -0.05) is 12.1 Å². The van der Waals surface area contributed by atoms with Crippen LogP contribution in [0.4, 0.5) is 0 Å². The summed E-state index contributed by atoms with van der Waals surface area (Å²) in [6.45, 7) is 1.41. The summed E-state index contributed by atoms with van der Waals surface area (Å²) in [5.74, 6) is 4.45. The molecule has 1 aliphatic rings. The molecule has 2 N–H and O–H groups in total. The van der Waals surface area contributed by atoms with E-state index < -0.39 is 0 Å². The molecule has 2 rings (SSSR count). The van der Waals surface area contributed by atoms with E-state index in [0.717, 1.165) is 23.8 Å². The summed E-state index contributed by atoms with van der Waals surface area (Å²) < 4.78 is 5.69. The third-order valence-electron chi connectivity index (χ3n) is 2.64. The lowest BCUT2D eigenvalue weighted by atomic mass is 10.1. The standard InChI is InChI=1S/C12H17NOS/c13-7-10-2-1-3-12(6-10)14-5-4-11-8-15-9-11/h1-3,6,11H,4-5,7-9,13H2. The molecular weight excluding hydrogens is 206 g/mol. The Hall–Kier alpha value is -0.670. The van der Waals surface area contributed by atoms with Crippen molar-refractivity contribution in [3.63, 3.8) is 0 Å². The van der Waals surface area contributed by atoms with Gasteiger partial charge in [0.2, 0.25) is 0 Å². The van der Waals surface area contributed by atoms with Crippen LogP contribution in [0, 0.1) is 5.92 Å². The van der Waals surface area contributed by atoms with Gasteiger partial charge >= 0.3 is 0 Å². The van der Waals surface area contributed by atoms with Gasteiger partial charge in [0.15, 0.2) is 0 Å². The fourth-order valence-electron chi connectivity index (χ4n) is 1.56. The predicted octanol–water partition coefficient (Wildman–Crippen LogP) is 2.28. The third kappa shape index (κ3) is 3.14. The largest absolute Gasteiger partial charge is 0.494 e. The molecule has 1 heterocycles. The Morgan fingerprint density at radius 1 is 1.40 bits per heavy atom. The number of nitrogens with two attached hydrogens (primary N) is 1. The van der Waals surface area contributed by atoms with Crippen molar-refractivity contribution in [2.75, 3.05) is 18.1 Å². The molecule has 1 aromatic rings.